The zero-order valence-corrected chi connectivity index (χ0v) is 8.03. The van der Waals surface area contributed by atoms with Crippen molar-refractivity contribution in [2.24, 2.45) is 0 Å². The second kappa shape index (κ2) is 4.74. The molecule has 76 valence electrons. The first-order chi connectivity index (χ1) is 6.65. The molecule has 0 aliphatic carbocycles. The number of carbonyl (C=O) groups is 1. The fourth-order valence-corrected chi connectivity index (χ4v) is 1.34. The van der Waals surface area contributed by atoms with Crippen LogP contribution >= 0.6 is 0 Å². The lowest BCUT2D eigenvalue weighted by Crippen LogP contribution is -2.12. The van der Waals surface area contributed by atoms with Gasteiger partial charge in [0.1, 0.15) is 0 Å². The molecule has 1 atom stereocenters. The fourth-order valence-electron chi connectivity index (χ4n) is 1.34. The zero-order chi connectivity index (χ0) is 10.6. The van der Waals surface area contributed by atoms with E-state index in [1.54, 1.807) is 12.1 Å². The van der Waals surface area contributed by atoms with Gasteiger partial charge < -0.3 is 5.11 Å². The average molecular weight is 196 g/mol. The molecular weight excluding hydrogens is 183 g/mol. The molecular formula is C11H13FO2. The smallest absolute Gasteiger partial charge is 0.311 e. The van der Waals surface area contributed by atoms with Gasteiger partial charge in [-0.1, -0.05) is 29.8 Å². The Labute approximate surface area is 82.4 Å². The van der Waals surface area contributed by atoms with Crippen LogP contribution < -0.4 is 0 Å². The zero-order valence-electron chi connectivity index (χ0n) is 8.03. The van der Waals surface area contributed by atoms with E-state index in [9.17, 15) is 9.18 Å². The first-order valence-electron chi connectivity index (χ1n) is 4.50. The van der Waals surface area contributed by atoms with Crippen molar-refractivity contribution in [1.29, 1.82) is 0 Å². The highest BCUT2D eigenvalue weighted by Gasteiger charge is 2.18. The van der Waals surface area contributed by atoms with E-state index >= 15 is 0 Å². The first-order valence-corrected chi connectivity index (χ1v) is 4.50. The molecule has 0 heterocycles. The monoisotopic (exact) mass is 196 g/mol. The summed E-state index contributed by atoms with van der Waals surface area (Å²) >= 11 is 0. The number of aryl methyl sites for hydroxylation is 1. The van der Waals surface area contributed by atoms with Crippen LogP contribution in [0.25, 0.3) is 0 Å². The topological polar surface area (TPSA) is 37.3 Å². The van der Waals surface area contributed by atoms with E-state index in [0.29, 0.717) is 5.56 Å². The van der Waals surface area contributed by atoms with Crippen molar-refractivity contribution in [2.75, 3.05) is 6.67 Å². The van der Waals surface area contributed by atoms with Crippen LogP contribution in [0.4, 0.5) is 4.39 Å². The van der Waals surface area contributed by atoms with Gasteiger partial charge in [0.05, 0.1) is 12.6 Å². The molecule has 0 aliphatic rings. The summed E-state index contributed by atoms with van der Waals surface area (Å²) in [6.45, 7) is 1.32. The van der Waals surface area contributed by atoms with Crippen molar-refractivity contribution >= 4 is 5.97 Å². The number of hydrogen-bond acceptors (Lipinski definition) is 1. The van der Waals surface area contributed by atoms with Gasteiger partial charge in [-0.25, -0.2) is 0 Å². The lowest BCUT2D eigenvalue weighted by molar-refractivity contribution is -0.139. The Kier molecular flexibility index (Phi) is 3.63. The summed E-state index contributed by atoms with van der Waals surface area (Å²) in [4.78, 5) is 10.8. The first kappa shape index (κ1) is 10.7. The predicted molar refractivity (Wildman–Crippen MR) is 52.1 cm³/mol. The van der Waals surface area contributed by atoms with Gasteiger partial charge >= 0.3 is 5.97 Å². The second-order valence-corrected chi connectivity index (χ2v) is 3.28. The van der Waals surface area contributed by atoms with Crippen molar-refractivity contribution < 1.29 is 14.3 Å². The van der Waals surface area contributed by atoms with Crippen LogP contribution in [0.1, 0.15) is 23.5 Å². The number of alkyl halides is 1. The van der Waals surface area contributed by atoms with Crippen LogP contribution in [0.5, 0.6) is 0 Å². The number of aliphatic carboxylic acids is 1. The van der Waals surface area contributed by atoms with E-state index in [4.69, 9.17) is 5.11 Å². The second-order valence-electron chi connectivity index (χ2n) is 3.28. The minimum atomic E-state index is -0.966. The van der Waals surface area contributed by atoms with Crippen LogP contribution in [0.2, 0.25) is 0 Å². The summed E-state index contributed by atoms with van der Waals surface area (Å²) in [7, 11) is 0. The van der Waals surface area contributed by atoms with E-state index in [0.717, 1.165) is 5.56 Å². The molecule has 0 radical (unpaired) electrons. The van der Waals surface area contributed by atoms with Gasteiger partial charge in [-0.15, -0.1) is 0 Å². The Morgan fingerprint density at radius 3 is 2.43 bits per heavy atom. The van der Waals surface area contributed by atoms with Crippen molar-refractivity contribution in [3.63, 3.8) is 0 Å². The number of benzene rings is 1. The molecule has 0 saturated carbocycles. The van der Waals surface area contributed by atoms with Crippen molar-refractivity contribution in [1.82, 2.24) is 0 Å². The molecule has 0 aliphatic heterocycles. The van der Waals surface area contributed by atoms with Crippen LogP contribution in [-0.4, -0.2) is 17.8 Å². The molecule has 0 amide bonds. The lowest BCUT2D eigenvalue weighted by atomic mass is 9.96. The Morgan fingerprint density at radius 2 is 2.00 bits per heavy atom. The van der Waals surface area contributed by atoms with Crippen LogP contribution in [-0.2, 0) is 4.79 Å². The van der Waals surface area contributed by atoms with E-state index in [-0.39, 0.29) is 6.42 Å². The molecule has 0 aromatic heterocycles. The van der Waals surface area contributed by atoms with Crippen molar-refractivity contribution in [3.8, 4) is 0 Å². The quantitative estimate of drug-likeness (QED) is 0.803. The van der Waals surface area contributed by atoms with Gasteiger partial charge in [0.25, 0.3) is 0 Å². The van der Waals surface area contributed by atoms with Gasteiger partial charge in [0, 0.05) is 0 Å². The number of halogens is 1. The van der Waals surface area contributed by atoms with Gasteiger partial charge in [0.15, 0.2) is 0 Å². The minimum Gasteiger partial charge on any atom is -0.481 e. The Morgan fingerprint density at radius 1 is 1.43 bits per heavy atom. The minimum absolute atomic E-state index is 0.0401. The largest absolute Gasteiger partial charge is 0.481 e. The molecule has 0 bridgehead atoms. The average Bonchev–Trinajstić information content (AvgIpc) is 2.15. The van der Waals surface area contributed by atoms with Gasteiger partial charge in [-0.05, 0) is 18.9 Å². The summed E-state index contributed by atoms with van der Waals surface area (Å²) in [6.07, 6.45) is 0.0401. The van der Waals surface area contributed by atoms with Crippen LogP contribution in [0.15, 0.2) is 24.3 Å². The Hall–Kier alpha value is -1.38. The molecule has 1 aromatic carbocycles. The standard InChI is InChI=1S/C11H13FO2/c1-8-2-4-9(5-3-8)10(6-7-12)11(13)14/h2-5,10H,6-7H2,1H3,(H,13,14). The van der Waals surface area contributed by atoms with E-state index in [1.807, 2.05) is 19.1 Å². The summed E-state index contributed by atoms with van der Waals surface area (Å²) < 4.78 is 12.1. The maximum Gasteiger partial charge on any atom is 0.311 e. The highest BCUT2D eigenvalue weighted by Crippen LogP contribution is 2.20. The summed E-state index contributed by atoms with van der Waals surface area (Å²) in [6, 6.07) is 7.15. The van der Waals surface area contributed by atoms with Crippen LogP contribution in [0, 0.1) is 6.92 Å². The van der Waals surface area contributed by atoms with Crippen molar-refractivity contribution in [3.05, 3.63) is 35.4 Å². The SMILES string of the molecule is Cc1ccc(C(CCF)C(=O)O)cc1. The van der Waals surface area contributed by atoms with Gasteiger partial charge in [0.2, 0.25) is 0 Å². The van der Waals surface area contributed by atoms with Gasteiger partial charge in [-0.3, -0.25) is 9.18 Å². The molecule has 0 spiro atoms. The van der Waals surface area contributed by atoms with E-state index in [1.165, 1.54) is 0 Å². The van der Waals surface area contributed by atoms with Crippen molar-refractivity contribution in [2.45, 2.75) is 19.3 Å². The molecule has 2 nitrogen and oxygen atoms in total. The highest BCUT2D eigenvalue weighted by atomic mass is 19.1. The molecule has 0 saturated heterocycles. The molecule has 1 unspecified atom stereocenters. The summed E-state index contributed by atoms with van der Waals surface area (Å²) in [5.74, 6) is -1.69. The lowest BCUT2D eigenvalue weighted by Gasteiger charge is -2.10. The number of carboxylic acid groups (broad SMARTS) is 1. The molecule has 0 fully saturated rings. The van der Waals surface area contributed by atoms with Gasteiger partial charge in [-0.2, -0.15) is 0 Å². The number of carboxylic acids is 1. The molecule has 1 N–H and O–H groups in total. The normalized spacial score (nSPS) is 12.4. The highest BCUT2D eigenvalue weighted by molar-refractivity contribution is 5.76. The number of rotatable bonds is 4. The third-order valence-electron chi connectivity index (χ3n) is 2.18. The molecule has 3 heteroatoms. The Balaban J connectivity index is 2.87. The maximum atomic E-state index is 12.1. The summed E-state index contributed by atoms with van der Waals surface area (Å²) in [5.41, 5.74) is 1.74. The maximum absolute atomic E-state index is 12.1. The number of hydrogen-bond donors (Lipinski definition) is 1. The fraction of sp³-hybridized carbons (Fsp3) is 0.364. The molecule has 1 rings (SSSR count). The Bertz CT molecular complexity index is 306. The summed E-state index contributed by atoms with van der Waals surface area (Å²) in [5, 5.41) is 8.86. The molecule has 14 heavy (non-hydrogen) atoms. The third kappa shape index (κ3) is 2.55. The van der Waals surface area contributed by atoms with E-state index in [2.05, 4.69) is 0 Å². The third-order valence-corrected chi connectivity index (χ3v) is 2.18. The predicted octanol–water partition coefficient (Wildman–Crippen LogP) is 2.52. The molecule has 1 aromatic rings. The van der Waals surface area contributed by atoms with E-state index < -0.39 is 18.6 Å². The van der Waals surface area contributed by atoms with Crippen LogP contribution in [0.3, 0.4) is 0 Å².